The van der Waals surface area contributed by atoms with Crippen molar-refractivity contribution >= 4 is 10.1 Å². The van der Waals surface area contributed by atoms with Crippen LogP contribution in [0.25, 0.3) is 0 Å². The van der Waals surface area contributed by atoms with E-state index in [9.17, 15) is 83.2 Å². The molecule has 0 aliphatic heterocycles. The molecule has 0 bridgehead atoms. The first kappa shape index (κ1) is 33.6. The minimum Gasteiger partial charge on any atom is -0.743 e. The molecule has 0 aliphatic carbocycles. The van der Waals surface area contributed by atoms with Crippen molar-refractivity contribution < 1.29 is 135 Å². The first-order valence-electron chi connectivity index (χ1n) is 6.56. The molecule has 0 radical (unpaired) electrons. The standard InChI is InChI=1S/C10H6F16O3S.K/c11-3(1-2-4(12,13)14)5(15,16)6(17,18)7(19,20)8(21,22)9(23,24)10(25,26)30(27,28)29;/h3H,1-2H2,(H,27,28,29);/q;+1/p-1. The second kappa shape index (κ2) is 9.23. The van der Waals surface area contributed by atoms with Gasteiger partial charge in [-0.05, 0) is 6.42 Å². The molecule has 0 aromatic heterocycles. The van der Waals surface area contributed by atoms with Crippen LogP contribution in [0.3, 0.4) is 0 Å². The Bertz CT molecular complexity index is 730. The summed E-state index contributed by atoms with van der Waals surface area (Å²) in [4.78, 5) is 0. The van der Waals surface area contributed by atoms with Gasteiger partial charge in [-0.25, -0.2) is 12.8 Å². The molecule has 0 saturated carbocycles. The second-order valence-electron chi connectivity index (χ2n) is 5.51. The van der Waals surface area contributed by atoms with Crippen LogP contribution in [0.4, 0.5) is 70.2 Å². The molecule has 1 unspecified atom stereocenters. The van der Waals surface area contributed by atoms with E-state index >= 15 is 0 Å². The fourth-order valence-corrected chi connectivity index (χ4v) is 2.05. The molecule has 31 heavy (non-hydrogen) atoms. The molecule has 0 spiro atoms. The normalized spacial score (nSPS) is 16.7. The summed E-state index contributed by atoms with van der Waals surface area (Å²) < 4.78 is 235. The van der Waals surface area contributed by atoms with E-state index in [0.29, 0.717) is 0 Å². The summed E-state index contributed by atoms with van der Waals surface area (Å²) in [5.41, 5.74) is 0. The Morgan fingerprint density at radius 1 is 0.645 bits per heavy atom. The summed E-state index contributed by atoms with van der Waals surface area (Å²) >= 11 is 0. The quantitative estimate of drug-likeness (QED) is 0.252. The molecule has 0 aliphatic rings. The monoisotopic (exact) mass is 548 g/mol. The maximum absolute atomic E-state index is 13.3. The molecule has 0 aromatic rings. The summed E-state index contributed by atoms with van der Waals surface area (Å²) in [6, 6.07) is 0. The van der Waals surface area contributed by atoms with Crippen molar-refractivity contribution in [3.8, 4) is 0 Å². The van der Waals surface area contributed by atoms with Gasteiger partial charge in [-0.3, -0.25) is 0 Å². The van der Waals surface area contributed by atoms with Crippen molar-refractivity contribution in [3.63, 3.8) is 0 Å². The molecule has 3 nitrogen and oxygen atoms in total. The third-order valence-electron chi connectivity index (χ3n) is 3.36. The van der Waals surface area contributed by atoms with E-state index in [2.05, 4.69) is 0 Å². The van der Waals surface area contributed by atoms with Crippen molar-refractivity contribution in [1.29, 1.82) is 0 Å². The Kier molecular flexibility index (Phi) is 10.0. The van der Waals surface area contributed by atoms with Crippen LogP contribution in [0.5, 0.6) is 0 Å². The molecule has 0 rings (SSSR count). The summed E-state index contributed by atoms with van der Waals surface area (Å²) in [6.07, 6.45) is -16.1. The van der Waals surface area contributed by atoms with Gasteiger partial charge >= 0.3 is 92.4 Å². The van der Waals surface area contributed by atoms with E-state index in [1.54, 1.807) is 0 Å². The first-order chi connectivity index (χ1) is 12.6. The van der Waals surface area contributed by atoms with Crippen LogP contribution in [0.15, 0.2) is 0 Å². The van der Waals surface area contributed by atoms with Crippen molar-refractivity contribution in [2.75, 3.05) is 0 Å². The van der Waals surface area contributed by atoms with Crippen molar-refractivity contribution in [2.45, 2.75) is 60.1 Å². The van der Waals surface area contributed by atoms with E-state index in [4.69, 9.17) is 0 Å². The smallest absolute Gasteiger partial charge is 0.743 e. The van der Waals surface area contributed by atoms with E-state index < -0.39 is 70.2 Å². The van der Waals surface area contributed by atoms with Crippen LogP contribution in [0.1, 0.15) is 12.8 Å². The molecule has 0 saturated heterocycles. The Morgan fingerprint density at radius 3 is 1.26 bits per heavy atom. The van der Waals surface area contributed by atoms with Crippen molar-refractivity contribution in [3.05, 3.63) is 0 Å². The maximum atomic E-state index is 13.3. The van der Waals surface area contributed by atoms with Gasteiger partial charge in [0.2, 0.25) is 0 Å². The van der Waals surface area contributed by atoms with E-state index in [-0.39, 0.29) is 51.4 Å². The minimum atomic E-state index is -8.47. The van der Waals surface area contributed by atoms with Gasteiger partial charge in [0.25, 0.3) is 0 Å². The number of hydrogen-bond acceptors (Lipinski definition) is 3. The second-order valence-corrected chi connectivity index (χ2v) is 6.93. The first-order valence-corrected chi connectivity index (χ1v) is 7.97. The predicted octanol–water partition coefficient (Wildman–Crippen LogP) is 1.99. The third kappa shape index (κ3) is 5.57. The molecule has 1 atom stereocenters. The van der Waals surface area contributed by atoms with Crippen molar-refractivity contribution in [2.24, 2.45) is 0 Å². The Hall–Kier alpha value is 0.426. The van der Waals surface area contributed by atoms with E-state index in [1.165, 1.54) is 0 Å². The Labute approximate surface area is 203 Å². The van der Waals surface area contributed by atoms with Crippen LogP contribution >= 0.6 is 0 Å². The fourth-order valence-electron chi connectivity index (χ4n) is 1.61. The third-order valence-corrected chi connectivity index (χ3v) is 4.24. The molecular formula is C10H5F16KO3S. The summed E-state index contributed by atoms with van der Waals surface area (Å²) in [5, 5.41) is -7.77. The summed E-state index contributed by atoms with van der Waals surface area (Å²) in [7, 11) is -8.00. The fraction of sp³-hybridized carbons (Fsp3) is 1.00. The zero-order chi connectivity index (χ0) is 25.0. The molecule has 0 amide bonds. The minimum absolute atomic E-state index is 0. The zero-order valence-corrected chi connectivity index (χ0v) is 18.1. The number of hydrogen-bond donors (Lipinski definition) is 0. The van der Waals surface area contributed by atoms with Gasteiger partial charge in [-0.15, -0.1) is 0 Å². The largest absolute Gasteiger partial charge is 1.00 e. The maximum Gasteiger partial charge on any atom is 1.00 e. The SMILES string of the molecule is O=S(=O)([O-])C(F)(F)C(F)(F)C(F)(F)C(F)(F)C(F)(F)C(F)(F)C(F)CCC(F)(F)F.[K+]. The average molecular weight is 548 g/mol. The summed E-state index contributed by atoms with van der Waals surface area (Å²) in [6.45, 7) is 0. The topological polar surface area (TPSA) is 57.2 Å². The average Bonchev–Trinajstić information content (AvgIpc) is 2.49. The number of halogens is 16. The van der Waals surface area contributed by atoms with Crippen LogP contribution in [0.2, 0.25) is 0 Å². The molecular weight excluding hydrogens is 543 g/mol. The predicted molar refractivity (Wildman–Crippen MR) is 59.6 cm³/mol. The molecule has 0 aromatic carbocycles. The molecule has 0 N–H and O–H groups in total. The van der Waals surface area contributed by atoms with Crippen LogP contribution < -0.4 is 51.4 Å². The van der Waals surface area contributed by atoms with Crippen LogP contribution in [-0.2, 0) is 10.1 Å². The van der Waals surface area contributed by atoms with Gasteiger partial charge in [0.05, 0.1) is 0 Å². The molecule has 0 heterocycles. The van der Waals surface area contributed by atoms with Gasteiger partial charge in [0.1, 0.15) is 0 Å². The number of rotatable bonds is 9. The van der Waals surface area contributed by atoms with Gasteiger partial charge in [-0.2, -0.15) is 65.9 Å². The van der Waals surface area contributed by atoms with Gasteiger partial charge in [0, 0.05) is 6.42 Å². The van der Waals surface area contributed by atoms with Gasteiger partial charge in [-0.1, -0.05) is 0 Å². The Morgan fingerprint density at radius 2 is 0.968 bits per heavy atom. The van der Waals surface area contributed by atoms with Crippen LogP contribution in [0, 0.1) is 0 Å². The van der Waals surface area contributed by atoms with Gasteiger partial charge < -0.3 is 4.55 Å². The van der Waals surface area contributed by atoms with E-state index in [0.717, 1.165) is 0 Å². The molecule has 21 heteroatoms. The summed E-state index contributed by atoms with van der Waals surface area (Å²) in [5.74, 6) is -40.6. The number of alkyl halides is 16. The van der Waals surface area contributed by atoms with Gasteiger partial charge in [0.15, 0.2) is 16.3 Å². The molecule has 182 valence electrons. The zero-order valence-electron chi connectivity index (χ0n) is 14.2. The molecule has 0 fully saturated rings. The van der Waals surface area contributed by atoms with Crippen molar-refractivity contribution in [1.82, 2.24) is 0 Å². The van der Waals surface area contributed by atoms with E-state index in [1.807, 2.05) is 0 Å². The Balaban J connectivity index is 0. The van der Waals surface area contributed by atoms with Crippen LogP contribution in [-0.4, -0.2) is 60.2 Å².